The summed E-state index contributed by atoms with van der Waals surface area (Å²) in [6, 6.07) is 14.0. The van der Waals surface area contributed by atoms with Crippen LogP contribution in [0.4, 0.5) is 0 Å². The third-order valence-corrected chi connectivity index (χ3v) is 6.71. The van der Waals surface area contributed by atoms with E-state index in [0.717, 1.165) is 5.56 Å². The molecule has 0 saturated carbocycles. The second kappa shape index (κ2) is 10.3. The zero-order valence-electron chi connectivity index (χ0n) is 20.0. The highest BCUT2D eigenvalue weighted by Gasteiger charge is 2.31. The van der Waals surface area contributed by atoms with Crippen molar-refractivity contribution in [3.63, 3.8) is 0 Å². The van der Waals surface area contributed by atoms with Gasteiger partial charge in [-0.15, -0.1) is 0 Å². The third kappa shape index (κ3) is 5.87. The number of nitrogens with zero attached hydrogens (tertiary/aromatic N) is 3. The standard InChI is InChI=1S/C25H25ClN4O5S/c1-25(2,3)34-24(32)22-19-12-18(26)8-9-20(19)28-23(22)35-36(33)30-11-10-29(21(31)15-30)14-17-6-4-16(13-27)5-7-17/h4-9,12,28H,10-11,14-15H2,1-3H3. The van der Waals surface area contributed by atoms with Gasteiger partial charge in [0.25, 0.3) is 11.3 Å². The lowest BCUT2D eigenvalue weighted by atomic mass is 10.1. The highest BCUT2D eigenvalue weighted by molar-refractivity contribution is 7.78. The van der Waals surface area contributed by atoms with E-state index in [0.29, 0.717) is 41.1 Å². The van der Waals surface area contributed by atoms with Crippen molar-refractivity contribution in [1.82, 2.24) is 14.2 Å². The van der Waals surface area contributed by atoms with Crippen LogP contribution in [0.2, 0.25) is 5.02 Å². The summed E-state index contributed by atoms with van der Waals surface area (Å²) in [5, 5.41) is 9.83. The summed E-state index contributed by atoms with van der Waals surface area (Å²) in [5.74, 6) is -0.878. The number of benzene rings is 2. The zero-order chi connectivity index (χ0) is 26.0. The number of carbonyl (C=O) groups excluding carboxylic acids is 2. The summed E-state index contributed by atoms with van der Waals surface area (Å²) >= 11 is 4.09. The Morgan fingerprint density at radius 3 is 2.56 bits per heavy atom. The number of piperazine rings is 1. The van der Waals surface area contributed by atoms with Gasteiger partial charge in [-0.3, -0.25) is 4.79 Å². The summed E-state index contributed by atoms with van der Waals surface area (Å²) < 4.78 is 25.7. The number of halogens is 1. The molecule has 2 aromatic carbocycles. The number of nitriles is 1. The van der Waals surface area contributed by atoms with Gasteiger partial charge in [0.05, 0.1) is 18.2 Å². The maximum Gasteiger partial charge on any atom is 0.344 e. The number of amides is 1. The van der Waals surface area contributed by atoms with Crippen molar-refractivity contribution in [2.24, 2.45) is 0 Å². The van der Waals surface area contributed by atoms with Crippen LogP contribution in [0, 0.1) is 11.3 Å². The predicted octanol–water partition coefficient (Wildman–Crippen LogP) is 3.95. The minimum absolute atomic E-state index is 0.0210. The SMILES string of the molecule is CC(C)(C)OC(=O)c1c(OS(=O)N2CCN(Cc3ccc(C#N)cc3)C(=O)C2)[nH]c2ccc(Cl)cc12. The van der Waals surface area contributed by atoms with Crippen LogP contribution in [0.1, 0.15) is 42.3 Å². The fourth-order valence-corrected chi connectivity index (χ4v) is 4.74. The quantitative estimate of drug-likeness (QED) is 0.484. The molecule has 1 aliphatic heterocycles. The lowest BCUT2D eigenvalue weighted by Gasteiger charge is -2.32. The normalized spacial score (nSPS) is 15.5. The Hall–Kier alpha value is -3.39. The minimum Gasteiger partial charge on any atom is -0.456 e. The number of rotatable bonds is 6. The number of aromatic amines is 1. The van der Waals surface area contributed by atoms with Crippen LogP contribution in [0.3, 0.4) is 0 Å². The average molecular weight is 529 g/mol. The number of H-pyrrole nitrogens is 1. The maximum absolute atomic E-state index is 13.1. The number of ether oxygens (including phenoxy) is 1. The Bertz CT molecular complexity index is 1370. The van der Waals surface area contributed by atoms with E-state index >= 15 is 0 Å². The number of fused-ring (bicyclic) bond motifs is 1. The van der Waals surface area contributed by atoms with Gasteiger partial charge in [0.1, 0.15) is 11.2 Å². The van der Waals surface area contributed by atoms with Gasteiger partial charge >= 0.3 is 5.97 Å². The number of nitrogens with one attached hydrogen (secondary N) is 1. The van der Waals surface area contributed by atoms with Gasteiger partial charge in [-0.1, -0.05) is 23.7 Å². The van der Waals surface area contributed by atoms with E-state index in [4.69, 9.17) is 25.8 Å². The molecule has 0 radical (unpaired) electrons. The molecule has 0 aliphatic carbocycles. The Morgan fingerprint density at radius 2 is 1.92 bits per heavy atom. The predicted molar refractivity (Wildman–Crippen MR) is 135 cm³/mol. The van der Waals surface area contributed by atoms with Crippen molar-refractivity contribution in [3.05, 3.63) is 64.2 Å². The Labute approximate surface area is 216 Å². The largest absolute Gasteiger partial charge is 0.456 e. The molecule has 1 atom stereocenters. The molecule has 1 fully saturated rings. The van der Waals surface area contributed by atoms with E-state index in [2.05, 4.69) is 11.1 Å². The maximum atomic E-state index is 13.1. The van der Waals surface area contributed by atoms with Gasteiger partial charge in [-0.25, -0.2) is 4.79 Å². The highest BCUT2D eigenvalue weighted by atomic mass is 35.5. The molecule has 2 heterocycles. The molecular formula is C25H25ClN4O5S. The Morgan fingerprint density at radius 1 is 1.19 bits per heavy atom. The number of hydrogen-bond acceptors (Lipinski definition) is 6. The number of aromatic nitrogens is 1. The van der Waals surface area contributed by atoms with Crippen molar-refractivity contribution >= 4 is 45.6 Å². The Kier molecular flexibility index (Phi) is 7.36. The average Bonchev–Trinajstić information content (AvgIpc) is 3.16. The first-order valence-corrected chi connectivity index (χ1v) is 12.6. The van der Waals surface area contributed by atoms with Gasteiger partial charge < -0.3 is 18.8 Å². The molecule has 4 rings (SSSR count). The van der Waals surface area contributed by atoms with Crippen LogP contribution in [0.5, 0.6) is 5.88 Å². The van der Waals surface area contributed by atoms with Crippen LogP contribution < -0.4 is 4.18 Å². The minimum atomic E-state index is -2.05. The molecule has 1 saturated heterocycles. The molecule has 11 heteroatoms. The fourth-order valence-electron chi connectivity index (χ4n) is 3.74. The molecule has 1 aliphatic rings. The van der Waals surface area contributed by atoms with Crippen LogP contribution in [-0.4, -0.2) is 55.5 Å². The topological polar surface area (TPSA) is 116 Å². The molecule has 1 unspecified atom stereocenters. The second-order valence-corrected chi connectivity index (χ2v) is 10.9. The highest BCUT2D eigenvalue weighted by Crippen LogP contribution is 2.32. The van der Waals surface area contributed by atoms with E-state index in [9.17, 15) is 13.8 Å². The van der Waals surface area contributed by atoms with E-state index in [1.54, 1.807) is 68.1 Å². The van der Waals surface area contributed by atoms with Crippen molar-refractivity contribution in [3.8, 4) is 11.9 Å². The first-order valence-electron chi connectivity index (χ1n) is 11.2. The molecular weight excluding hydrogens is 504 g/mol. The van der Waals surface area contributed by atoms with E-state index in [1.165, 1.54) is 4.31 Å². The molecule has 36 heavy (non-hydrogen) atoms. The lowest BCUT2D eigenvalue weighted by Crippen LogP contribution is -2.51. The molecule has 1 amide bonds. The van der Waals surface area contributed by atoms with E-state index < -0.39 is 22.8 Å². The van der Waals surface area contributed by atoms with Gasteiger partial charge in [-0.05, 0) is 56.7 Å². The van der Waals surface area contributed by atoms with Gasteiger partial charge in [-0.2, -0.15) is 13.8 Å². The first kappa shape index (κ1) is 25.7. The number of hydrogen-bond donors (Lipinski definition) is 1. The molecule has 1 N–H and O–H groups in total. The third-order valence-electron chi connectivity index (χ3n) is 5.43. The summed E-state index contributed by atoms with van der Waals surface area (Å²) in [5.41, 5.74) is 1.34. The van der Waals surface area contributed by atoms with Crippen molar-refractivity contribution in [2.45, 2.75) is 32.9 Å². The summed E-state index contributed by atoms with van der Waals surface area (Å²) in [7, 11) is 0. The summed E-state index contributed by atoms with van der Waals surface area (Å²) in [4.78, 5) is 30.4. The summed E-state index contributed by atoms with van der Waals surface area (Å²) in [6.07, 6.45) is 0. The molecule has 0 spiro atoms. The fraction of sp³-hybridized carbons (Fsp3) is 0.320. The van der Waals surface area contributed by atoms with Crippen LogP contribution >= 0.6 is 11.6 Å². The van der Waals surface area contributed by atoms with Crippen LogP contribution in [0.25, 0.3) is 10.9 Å². The Balaban J connectivity index is 1.48. The van der Waals surface area contributed by atoms with Crippen molar-refractivity contribution in [2.75, 3.05) is 19.6 Å². The molecule has 188 valence electrons. The van der Waals surface area contributed by atoms with E-state index in [1.807, 2.05) is 0 Å². The van der Waals surface area contributed by atoms with Crippen molar-refractivity contribution in [1.29, 1.82) is 5.26 Å². The second-order valence-electron chi connectivity index (χ2n) is 9.31. The van der Waals surface area contributed by atoms with Gasteiger partial charge in [0.15, 0.2) is 0 Å². The van der Waals surface area contributed by atoms with Crippen LogP contribution in [-0.2, 0) is 27.3 Å². The van der Waals surface area contributed by atoms with Crippen molar-refractivity contribution < 1.29 is 22.7 Å². The monoisotopic (exact) mass is 528 g/mol. The zero-order valence-corrected chi connectivity index (χ0v) is 21.6. The van der Waals surface area contributed by atoms with Gasteiger partial charge in [0.2, 0.25) is 11.8 Å². The van der Waals surface area contributed by atoms with Gasteiger partial charge in [0, 0.05) is 35.6 Å². The molecule has 3 aromatic rings. The molecule has 0 bridgehead atoms. The number of esters is 1. The number of carbonyl (C=O) groups is 2. The van der Waals surface area contributed by atoms with E-state index in [-0.39, 0.29) is 23.9 Å². The smallest absolute Gasteiger partial charge is 0.344 e. The molecule has 1 aromatic heterocycles. The van der Waals surface area contributed by atoms with Crippen LogP contribution in [0.15, 0.2) is 42.5 Å². The lowest BCUT2D eigenvalue weighted by molar-refractivity contribution is -0.134. The summed E-state index contributed by atoms with van der Waals surface area (Å²) in [6.45, 7) is 6.16. The molecule has 9 nitrogen and oxygen atoms in total. The first-order chi connectivity index (χ1) is 17.0.